The van der Waals surface area contributed by atoms with Gasteiger partial charge in [0.15, 0.2) is 9.84 Å². The molecule has 0 spiro atoms. The highest BCUT2D eigenvalue weighted by molar-refractivity contribution is 7.92. The molecule has 6 heteroatoms. The Kier molecular flexibility index (Phi) is 3.18. The molecule has 1 aromatic heterocycles. The fourth-order valence-corrected chi connectivity index (χ4v) is 3.88. The molecule has 1 aliphatic heterocycles. The summed E-state index contributed by atoms with van der Waals surface area (Å²) in [5, 5.41) is 2.88. The molecule has 0 radical (unpaired) electrons. The van der Waals surface area contributed by atoms with Crippen molar-refractivity contribution in [3.63, 3.8) is 0 Å². The van der Waals surface area contributed by atoms with Crippen molar-refractivity contribution >= 4 is 15.8 Å². The van der Waals surface area contributed by atoms with Crippen molar-refractivity contribution in [2.75, 3.05) is 17.6 Å². The highest BCUT2D eigenvalue weighted by atomic mass is 32.2. The predicted molar refractivity (Wildman–Crippen MR) is 63.2 cm³/mol. The number of imidazole rings is 1. The largest absolute Gasteiger partial charge is 0.356 e. The Morgan fingerprint density at radius 3 is 3.06 bits per heavy atom. The van der Waals surface area contributed by atoms with Crippen LogP contribution in [-0.2, 0) is 16.4 Å². The van der Waals surface area contributed by atoms with Gasteiger partial charge in [-0.25, -0.2) is 13.4 Å². The Morgan fingerprint density at radius 2 is 2.44 bits per heavy atom. The first kappa shape index (κ1) is 11.4. The van der Waals surface area contributed by atoms with Crippen LogP contribution in [0.2, 0.25) is 0 Å². The SMILES string of the molecule is CCNc1nccn1CC1CCCS1(=O)=O. The molecule has 16 heavy (non-hydrogen) atoms. The van der Waals surface area contributed by atoms with E-state index in [2.05, 4.69) is 10.3 Å². The van der Waals surface area contributed by atoms with Gasteiger partial charge in [0.05, 0.1) is 11.0 Å². The fraction of sp³-hybridized carbons (Fsp3) is 0.700. The van der Waals surface area contributed by atoms with Gasteiger partial charge < -0.3 is 9.88 Å². The zero-order valence-corrected chi connectivity index (χ0v) is 10.2. The van der Waals surface area contributed by atoms with Crippen LogP contribution in [0.4, 0.5) is 5.95 Å². The van der Waals surface area contributed by atoms with Crippen LogP contribution in [0.15, 0.2) is 12.4 Å². The third-order valence-electron chi connectivity index (χ3n) is 2.91. The molecule has 5 nitrogen and oxygen atoms in total. The lowest BCUT2D eigenvalue weighted by Gasteiger charge is -2.13. The van der Waals surface area contributed by atoms with Gasteiger partial charge in [-0.05, 0) is 19.8 Å². The topological polar surface area (TPSA) is 64.0 Å². The monoisotopic (exact) mass is 243 g/mol. The van der Waals surface area contributed by atoms with Gasteiger partial charge in [-0.1, -0.05) is 0 Å². The van der Waals surface area contributed by atoms with Crippen molar-refractivity contribution in [3.8, 4) is 0 Å². The zero-order chi connectivity index (χ0) is 11.6. The molecule has 1 N–H and O–H groups in total. The Morgan fingerprint density at radius 1 is 1.62 bits per heavy atom. The summed E-state index contributed by atoms with van der Waals surface area (Å²) in [4.78, 5) is 4.15. The highest BCUT2D eigenvalue weighted by Gasteiger charge is 2.31. The first-order chi connectivity index (χ1) is 7.63. The van der Waals surface area contributed by atoms with Gasteiger partial charge in [0.2, 0.25) is 5.95 Å². The molecule has 1 aromatic rings. The summed E-state index contributed by atoms with van der Waals surface area (Å²) < 4.78 is 25.3. The zero-order valence-electron chi connectivity index (χ0n) is 9.39. The third kappa shape index (κ3) is 2.21. The number of hydrogen-bond donors (Lipinski definition) is 1. The Labute approximate surface area is 95.8 Å². The van der Waals surface area contributed by atoms with Gasteiger partial charge in [-0.2, -0.15) is 0 Å². The maximum absolute atomic E-state index is 11.7. The Balaban J connectivity index is 2.12. The smallest absolute Gasteiger partial charge is 0.202 e. The number of hydrogen-bond acceptors (Lipinski definition) is 4. The fourth-order valence-electron chi connectivity index (χ4n) is 2.06. The van der Waals surface area contributed by atoms with Crippen LogP contribution < -0.4 is 5.32 Å². The molecular weight excluding hydrogens is 226 g/mol. The number of nitrogens with zero attached hydrogens (tertiary/aromatic N) is 2. The van der Waals surface area contributed by atoms with Crippen molar-refractivity contribution in [3.05, 3.63) is 12.4 Å². The number of anilines is 1. The quantitative estimate of drug-likeness (QED) is 0.853. The lowest BCUT2D eigenvalue weighted by atomic mass is 10.2. The summed E-state index contributed by atoms with van der Waals surface area (Å²) in [5.41, 5.74) is 0. The van der Waals surface area contributed by atoms with E-state index in [1.807, 2.05) is 17.7 Å². The molecule has 2 rings (SSSR count). The molecule has 2 heterocycles. The third-order valence-corrected chi connectivity index (χ3v) is 5.17. The Hall–Kier alpha value is -1.04. The second-order valence-corrected chi connectivity index (χ2v) is 6.47. The first-order valence-electron chi connectivity index (χ1n) is 5.60. The maximum Gasteiger partial charge on any atom is 0.202 e. The van der Waals surface area contributed by atoms with Crippen molar-refractivity contribution in [2.45, 2.75) is 31.6 Å². The standard InChI is InChI=1S/C10H17N3O2S/c1-2-11-10-12-5-6-13(10)8-9-4-3-7-16(9,14)15/h5-6,9H,2-4,7-8H2,1H3,(H,11,12). The van der Waals surface area contributed by atoms with Crippen LogP contribution in [0.1, 0.15) is 19.8 Å². The number of rotatable bonds is 4. The van der Waals surface area contributed by atoms with E-state index in [-0.39, 0.29) is 5.25 Å². The molecular formula is C10H17N3O2S. The average Bonchev–Trinajstić information content (AvgIpc) is 2.77. The molecule has 0 bridgehead atoms. The van der Waals surface area contributed by atoms with Gasteiger partial charge >= 0.3 is 0 Å². The number of sulfone groups is 1. The van der Waals surface area contributed by atoms with Crippen LogP contribution in [0.3, 0.4) is 0 Å². The number of nitrogens with one attached hydrogen (secondary N) is 1. The molecule has 0 saturated carbocycles. The molecule has 1 unspecified atom stereocenters. The molecule has 1 saturated heterocycles. The second kappa shape index (κ2) is 4.45. The van der Waals surface area contributed by atoms with E-state index in [9.17, 15) is 8.42 Å². The van der Waals surface area contributed by atoms with E-state index in [0.29, 0.717) is 12.3 Å². The van der Waals surface area contributed by atoms with Crippen molar-refractivity contribution in [2.24, 2.45) is 0 Å². The van der Waals surface area contributed by atoms with Crippen LogP contribution in [-0.4, -0.2) is 35.5 Å². The minimum absolute atomic E-state index is 0.237. The summed E-state index contributed by atoms with van der Waals surface area (Å²) >= 11 is 0. The van der Waals surface area contributed by atoms with Crippen LogP contribution in [0.5, 0.6) is 0 Å². The van der Waals surface area contributed by atoms with Crippen molar-refractivity contribution in [1.29, 1.82) is 0 Å². The summed E-state index contributed by atoms with van der Waals surface area (Å²) in [5.74, 6) is 1.09. The number of aromatic nitrogens is 2. The lowest BCUT2D eigenvalue weighted by Crippen LogP contribution is -2.23. The summed E-state index contributed by atoms with van der Waals surface area (Å²) in [7, 11) is -2.87. The molecule has 0 aliphatic carbocycles. The molecule has 1 atom stereocenters. The first-order valence-corrected chi connectivity index (χ1v) is 7.31. The predicted octanol–water partition coefficient (Wildman–Crippen LogP) is 0.892. The van der Waals surface area contributed by atoms with Gasteiger partial charge in [0.1, 0.15) is 0 Å². The van der Waals surface area contributed by atoms with Gasteiger partial charge in [0, 0.05) is 25.5 Å². The van der Waals surface area contributed by atoms with Crippen LogP contribution in [0.25, 0.3) is 0 Å². The summed E-state index contributed by atoms with van der Waals surface area (Å²) in [6, 6.07) is 0. The van der Waals surface area contributed by atoms with Crippen LogP contribution in [0, 0.1) is 0 Å². The van der Waals surface area contributed by atoms with Gasteiger partial charge in [-0.15, -0.1) is 0 Å². The van der Waals surface area contributed by atoms with Crippen molar-refractivity contribution in [1.82, 2.24) is 9.55 Å². The minimum Gasteiger partial charge on any atom is -0.356 e. The van der Waals surface area contributed by atoms with E-state index < -0.39 is 9.84 Å². The highest BCUT2D eigenvalue weighted by Crippen LogP contribution is 2.22. The maximum atomic E-state index is 11.7. The average molecular weight is 243 g/mol. The molecule has 1 fully saturated rings. The molecule has 90 valence electrons. The van der Waals surface area contributed by atoms with E-state index in [0.717, 1.165) is 25.3 Å². The van der Waals surface area contributed by atoms with Crippen molar-refractivity contribution < 1.29 is 8.42 Å². The van der Waals surface area contributed by atoms with E-state index >= 15 is 0 Å². The molecule has 1 aliphatic rings. The Bertz CT molecular complexity index is 452. The second-order valence-electron chi connectivity index (χ2n) is 4.06. The molecule has 0 aromatic carbocycles. The summed E-state index contributed by atoms with van der Waals surface area (Å²) in [6.07, 6.45) is 5.08. The van der Waals surface area contributed by atoms with Crippen LogP contribution >= 0.6 is 0 Å². The minimum atomic E-state index is -2.87. The lowest BCUT2D eigenvalue weighted by molar-refractivity contribution is 0.567. The van der Waals surface area contributed by atoms with Gasteiger partial charge in [-0.3, -0.25) is 0 Å². The van der Waals surface area contributed by atoms with Gasteiger partial charge in [0.25, 0.3) is 0 Å². The molecule has 0 amide bonds. The summed E-state index contributed by atoms with van der Waals surface area (Å²) in [6.45, 7) is 3.30. The van der Waals surface area contributed by atoms with E-state index in [1.165, 1.54) is 0 Å². The normalized spacial score (nSPS) is 23.4. The van der Waals surface area contributed by atoms with E-state index in [1.54, 1.807) is 6.20 Å². The van der Waals surface area contributed by atoms with E-state index in [4.69, 9.17) is 0 Å².